The van der Waals surface area contributed by atoms with Gasteiger partial charge in [0.2, 0.25) is 5.91 Å². The summed E-state index contributed by atoms with van der Waals surface area (Å²) in [6.07, 6.45) is 2.97. The molecule has 2 aromatic carbocycles. The number of anilines is 1. The van der Waals surface area contributed by atoms with Crippen LogP contribution in [0.25, 0.3) is 0 Å². The lowest BCUT2D eigenvalue weighted by molar-refractivity contribution is -0.118. The van der Waals surface area contributed by atoms with Gasteiger partial charge in [0.05, 0.1) is 0 Å². The van der Waals surface area contributed by atoms with Crippen LogP contribution in [0, 0.1) is 5.92 Å². The first-order chi connectivity index (χ1) is 13.9. The van der Waals surface area contributed by atoms with E-state index in [-0.39, 0.29) is 17.7 Å². The average Bonchev–Trinajstić information content (AvgIpc) is 2.72. The van der Waals surface area contributed by atoms with Gasteiger partial charge in [-0.2, -0.15) is 0 Å². The van der Waals surface area contributed by atoms with Crippen molar-refractivity contribution in [2.45, 2.75) is 25.7 Å². The Hall–Kier alpha value is -2.67. The van der Waals surface area contributed by atoms with Crippen molar-refractivity contribution in [3.05, 3.63) is 64.1 Å². The molecule has 6 nitrogen and oxygen atoms in total. The Balaban J connectivity index is 1.66. The summed E-state index contributed by atoms with van der Waals surface area (Å²) in [4.78, 5) is 38.3. The van der Waals surface area contributed by atoms with Crippen molar-refractivity contribution < 1.29 is 14.4 Å². The molecular formula is C22H24BrN3O3. The van der Waals surface area contributed by atoms with E-state index >= 15 is 0 Å². The van der Waals surface area contributed by atoms with Gasteiger partial charge < -0.3 is 16.0 Å². The molecule has 1 fully saturated rings. The fourth-order valence-electron chi connectivity index (χ4n) is 3.58. The van der Waals surface area contributed by atoms with Gasteiger partial charge in [-0.25, -0.2) is 0 Å². The molecule has 3 N–H and O–H groups in total. The second kappa shape index (κ2) is 9.69. The van der Waals surface area contributed by atoms with Crippen LogP contribution >= 0.6 is 15.9 Å². The molecule has 0 aliphatic carbocycles. The summed E-state index contributed by atoms with van der Waals surface area (Å²) >= 11 is 3.36. The molecule has 2 aromatic rings. The third kappa shape index (κ3) is 5.90. The van der Waals surface area contributed by atoms with Gasteiger partial charge in [0.25, 0.3) is 11.8 Å². The van der Waals surface area contributed by atoms with Gasteiger partial charge in [0.15, 0.2) is 0 Å². The molecule has 1 atom stereocenters. The molecule has 152 valence electrons. The van der Waals surface area contributed by atoms with E-state index in [2.05, 4.69) is 21.2 Å². The number of carbonyl (C=O) groups excluding carboxylic acids is 3. The van der Waals surface area contributed by atoms with Crippen molar-refractivity contribution in [1.29, 1.82) is 0 Å². The van der Waals surface area contributed by atoms with Crippen molar-refractivity contribution in [2.24, 2.45) is 11.7 Å². The van der Waals surface area contributed by atoms with E-state index in [0.717, 1.165) is 17.3 Å². The van der Waals surface area contributed by atoms with Crippen LogP contribution < -0.4 is 11.1 Å². The molecule has 3 rings (SSSR count). The highest BCUT2D eigenvalue weighted by Gasteiger charge is 2.25. The molecule has 1 aliphatic heterocycles. The van der Waals surface area contributed by atoms with E-state index in [4.69, 9.17) is 5.73 Å². The normalized spacial score (nSPS) is 16.3. The van der Waals surface area contributed by atoms with Gasteiger partial charge >= 0.3 is 0 Å². The maximum absolute atomic E-state index is 13.0. The SMILES string of the molecule is NC(=O)CCC1CCCN(C(=O)c2cccc(NC(=O)c3cccc(Br)c3)c2)C1. The predicted octanol–water partition coefficient (Wildman–Crippen LogP) is 3.82. The van der Waals surface area contributed by atoms with Crippen LogP contribution in [0.3, 0.4) is 0 Å². The predicted molar refractivity (Wildman–Crippen MR) is 116 cm³/mol. The number of hydrogen-bond donors (Lipinski definition) is 2. The van der Waals surface area contributed by atoms with E-state index in [1.807, 2.05) is 11.0 Å². The van der Waals surface area contributed by atoms with Gasteiger partial charge in [-0.3, -0.25) is 14.4 Å². The summed E-state index contributed by atoms with van der Waals surface area (Å²) in [6.45, 7) is 1.32. The number of benzene rings is 2. The quantitative estimate of drug-likeness (QED) is 0.690. The number of amides is 3. The Morgan fingerprint density at radius 2 is 1.86 bits per heavy atom. The second-order valence-corrected chi connectivity index (χ2v) is 8.23. The van der Waals surface area contributed by atoms with Crippen LogP contribution in [0.5, 0.6) is 0 Å². The van der Waals surface area contributed by atoms with E-state index < -0.39 is 0 Å². The van der Waals surface area contributed by atoms with E-state index in [9.17, 15) is 14.4 Å². The topological polar surface area (TPSA) is 92.5 Å². The molecular weight excluding hydrogens is 434 g/mol. The Kier molecular flexibility index (Phi) is 7.04. The average molecular weight is 458 g/mol. The Morgan fingerprint density at radius 3 is 2.62 bits per heavy atom. The summed E-state index contributed by atoms with van der Waals surface area (Å²) in [5, 5.41) is 2.84. The standard InChI is InChI=1S/C22H24BrN3O3/c23-18-7-1-5-16(12-18)21(28)25-19-8-2-6-17(13-19)22(29)26-11-3-4-15(14-26)9-10-20(24)27/h1-2,5-8,12-13,15H,3-4,9-11,14H2,(H2,24,27)(H,25,28). The summed E-state index contributed by atoms with van der Waals surface area (Å²) in [6, 6.07) is 14.1. The number of piperidine rings is 1. The van der Waals surface area contributed by atoms with Crippen LogP contribution in [-0.4, -0.2) is 35.7 Å². The van der Waals surface area contributed by atoms with Gasteiger partial charge in [0, 0.05) is 40.8 Å². The number of nitrogens with one attached hydrogen (secondary N) is 1. The number of rotatable bonds is 6. The summed E-state index contributed by atoms with van der Waals surface area (Å²) in [5.41, 5.74) is 6.88. The molecule has 29 heavy (non-hydrogen) atoms. The van der Waals surface area contributed by atoms with Crippen molar-refractivity contribution in [3.63, 3.8) is 0 Å². The zero-order valence-corrected chi connectivity index (χ0v) is 17.7. The lowest BCUT2D eigenvalue weighted by Gasteiger charge is -2.32. The molecule has 1 aliphatic rings. The summed E-state index contributed by atoms with van der Waals surface area (Å²) < 4.78 is 0.824. The van der Waals surface area contributed by atoms with E-state index in [0.29, 0.717) is 48.7 Å². The van der Waals surface area contributed by atoms with Gasteiger partial charge in [-0.15, -0.1) is 0 Å². The van der Waals surface area contributed by atoms with Gasteiger partial charge in [0.1, 0.15) is 0 Å². The number of likely N-dealkylation sites (tertiary alicyclic amines) is 1. The molecule has 7 heteroatoms. The molecule has 0 spiro atoms. The molecule has 1 saturated heterocycles. The maximum Gasteiger partial charge on any atom is 0.255 e. The zero-order valence-electron chi connectivity index (χ0n) is 16.1. The fourth-order valence-corrected chi connectivity index (χ4v) is 3.98. The minimum Gasteiger partial charge on any atom is -0.370 e. The first-order valence-electron chi connectivity index (χ1n) is 9.67. The molecule has 0 radical (unpaired) electrons. The number of nitrogens with two attached hydrogens (primary N) is 1. The largest absolute Gasteiger partial charge is 0.370 e. The van der Waals surface area contributed by atoms with Crippen molar-refractivity contribution >= 4 is 39.3 Å². The first kappa shape index (κ1) is 21.0. The van der Waals surface area contributed by atoms with Crippen molar-refractivity contribution in [2.75, 3.05) is 18.4 Å². The molecule has 0 bridgehead atoms. The van der Waals surface area contributed by atoms with E-state index in [1.165, 1.54) is 0 Å². The Morgan fingerprint density at radius 1 is 1.10 bits per heavy atom. The van der Waals surface area contributed by atoms with Crippen LogP contribution in [0.4, 0.5) is 5.69 Å². The summed E-state index contributed by atoms with van der Waals surface area (Å²) in [7, 11) is 0. The zero-order chi connectivity index (χ0) is 20.8. The monoisotopic (exact) mass is 457 g/mol. The van der Waals surface area contributed by atoms with Crippen molar-refractivity contribution in [1.82, 2.24) is 4.90 Å². The van der Waals surface area contributed by atoms with Crippen LogP contribution in [0.2, 0.25) is 0 Å². The molecule has 0 saturated carbocycles. The number of halogens is 1. The number of primary amides is 1. The third-order valence-electron chi connectivity index (χ3n) is 5.06. The van der Waals surface area contributed by atoms with Gasteiger partial charge in [-0.05, 0) is 61.6 Å². The highest BCUT2D eigenvalue weighted by Crippen LogP contribution is 2.23. The molecule has 0 aromatic heterocycles. The lowest BCUT2D eigenvalue weighted by atomic mass is 9.93. The minimum absolute atomic E-state index is 0.0627. The molecule has 3 amide bonds. The van der Waals surface area contributed by atoms with Crippen LogP contribution in [0.15, 0.2) is 53.0 Å². The highest BCUT2D eigenvalue weighted by atomic mass is 79.9. The van der Waals surface area contributed by atoms with Crippen molar-refractivity contribution in [3.8, 4) is 0 Å². The molecule has 1 heterocycles. The Bertz CT molecular complexity index is 916. The summed E-state index contributed by atoms with van der Waals surface area (Å²) in [5.74, 6) is -0.310. The highest BCUT2D eigenvalue weighted by molar-refractivity contribution is 9.10. The fraction of sp³-hybridized carbons (Fsp3) is 0.318. The number of nitrogens with zero attached hydrogens (tertiary/aromatic N) is 1. The van der Waals surface area contributed by atoms with Crippen LogP contribution in [-0.2, 0) is 4.79 Å². The van der Waals surface area contributed by atoms with Gasteiger partial charge in [-0.1, -0.05) is 28.1 Å². The first-order valence-corrected chi connectivity index (χ1v) is 10.5. The second-order valence-electron chi connectivity index (χ2n) is 7.31. The van der Waals surface area contributed by atoms with Crippen LogP contribution in [0.1, 0.15) is 46.4 Å². The maximum atomic E-state index is 13.0. The Labute approximate surface area is 178 Å². The minimum atomic E-state index is -0.303. The smallest absolute Gasteiger partial charge is 0.255 e. The number of hydrogen-bond acceptors (Lipinski definition) is 3. The van der Waals surface area contributed by atoms with E-state index in [1.54, 1.807) is 42.5 Å². The number of carbonyl (C=O) groups is 3. The molecule has 1 unspecified atom stereocenters. The third-order valence-corrected chi connectivity index (χ3v) is 5.55. The lowest BCUT2D eigenvalue weighted by Crippen LogP contribution is -2.40.